The van der Waals surface area contributed by atoms with Gasteiger partial charge in [-0.1, -0.05) is 0 Å². The third-order valence-electron chi connectivity index (χ3n) is 6.94. The van der Waals surface area contributed by atoms with Crippen LogP contribution in [0.3, 0.4) is 0 Å². The van der Waals surface area contributed by atoms with Gasteiger partial charge in [0.05, 0.1) is 13.7 Å². The number of piperazine rings is 1. The van der Waals surface area contributed by atoms with Gasteiger partial charge in [0.2, 0.25) is 5.89 Å². The van der Waals surface area contributed by atoms with E-state index in [-0.39, 0.29) is 11.8 Å². The van der Waals surface area contributed by atoms with E-state index < -0.39 is 0 Å². The Balaban J connectivity index is 1.26. The molecule has 192 valence electrons. The first kappa shape index (κ1) is 25.9. The van der Waals surface area contributed by atoms with E-state index in [0.717, 1.165) is 42.4 Å². The van der Waals surface area contributed by atoms with Crippen LogP contribution in [0, 0.1) is 19.8 Å². The third kappa shape index (κ3) is 6.75. The molecule has 2 aliphatic heterocycles. The van der Waals surface area contributed by atoms with Gasteiger partial charge in [0, 0.05) is 37.6 Å². The molecule has 2 saturated heterocycles. The maximum Gasteiger partial charge on any atom is 0.311 e. The molecule has 0 atom stereocenters. The van der Waals surface area contributed by atoms with Crippen molar-refractivity contribution in [1.29, 1.82) is 0 Å². The van der Waals surface area contributed by atoms with Crippen molar-refractivity contribution in [2.24, 2.45) is 5.92 Å². The Kier molecular flexibility index (Phi) is 8.69. The highest BCUT2D eigenvalue weighted by molar-refractivity contribution is 7.97. The van der Waals surface area contributed by atoms with Crippen LogP contribution in [0.4, 0.5) is 0 Å². The Hall–Kier alpha value is -2.14. The van der Waals surface area contributed by atoms with Crippen LogP contribution in [-0.2, 0) is 6.54 Å². The van der Waals surface area contributed by atoms with Gasteiger partial charge in [-0.15, -0.1) is 10.2 Å². The molecular weight excluding hydrogens is 464 g/mol. The molecule has 9 nitrogen and oxygen atoms in total. The predicted octanol–water partition coefficient (Wildman–Crippen LogP) is 2.93. The van der Waals surface area contributed by atoms with Gasteiger partial charge in [0.1, 0.15) is 5.75 Å². The van der Waals surface area contributed by atoms with Crippen molar-refractivity contribution in [3.63, 3.8) is 0 Å². The minimum atomic E-state index is -0.167. The minimum Gasteiger partial charge on any atom is -0.497 e. The van der Waals surface area contributed by atoms with Crippen molar-refractivity contribution in [1.82, 2.24) is 29.2 Å². The predicted molar refractivity (Wildman–Crippen MR) is 137 cm³/mol. The second kappa shape index (κ2) is 11.7. The number of carbonyl (C=O) groups excluding carboxylic acids is 1. The van der Waals surface area contributed by atoms with E-state index in [2.05, 4.69) is 40.9 Å². The Bertz CT molecular complexity index is 976. The van der Waals surface area contributed by atoms with Crippen molar-refractivity contribution in [3.8, 4) is 5.75 Å². The maximum atomic E-state index is 12.9. The quantitative estimate of drug-likeness (QED) is 0.506. The number of hydrogen-bond acceptors (Lipinski definition) is 9. The molecule has 1 aromatic heterocycles. The normalized spacial score (nSPS) is 18.4. The van der Waals surface area contributed by atoms with Crippen LogP contribution < -0.4 is 4.74 Å². The van der Waals surface area contributed by atoms with Gasteiger partial charge in [-0.3, -0.25) is 9.69 Å². The van der Waals surface area contributed by atoms with E-state index in [1.165, 1.54) is 30.8 Å². The van der Waals surface area contributed by atoms with Crippen LogP contribution in [0.1, 0.15) is 40.5 Å². The minimum absolute atomic E-state index is 0.0824. The number of ether oxygens (including phenoxy) is 1. The largest absolute Gasteiger partial charge is 0.497 e. The molecule has 10 heteroatoms. The summed E-state index contributed by atoms with van der Waals surface area (Å²) in [6.45, 7) is 11.3. The zero-order valence-corrected chi connectivity index (χ0v) is 22.4. The fourth-order valence-electron chi connectivity index (χ4n) is 4.83. The number of rotatable bonds is 8. The van der Waals surface area contributed by atoms with E-state index in [1.54, 1.807) is 19.1 Å². The molecule has 3 heterocycles. The van der Waals surface area contributed by atoms with Crippen molar-refractivity contribution in [2.45, 2.75) is 38.1 Å². The Labute approximate surface area is 212 Å². The van der Waals surface area contributed by atoms with E-state index >= 15 is 0 Å². The fraction of sp³-hybridized carbons (Fsp3) is 0.640. The second-order valence-corrected chi connectivity index (χ2v) is 11.0. The molecule has 0 N–H and O–H groups in total. The first-order valence-corrected chi connectivity index (χ1v) is 13.2. The van der Waals surface area contributed by atoms with Crippen LogP contribution >= 0.6 is 11.9 Å². The summed E-state index contributed by atoms with van der Waals surface area (Å²) in [5.74, 6) is 1.98. The van der Waals surface area contributed by atoms with Crippen LogP contribution in [0.5, 0.6) is 5.75 Å². The lowest BCUT2D eigenvalue weighted by Gasteiger charge is -2.37. The number of likely N-dealkylation sites (tertiary alicyclic amines) is 1. The lowest BCUT2D eigenvalue weighted by Crippen LogP contribution is -2.50. The molecule has 2 aromatic rings. The molecular formula is C25H38N6O3S. The summed E-state index contributed by atoms with van der Waals surface area (Å²) >= 11 is 1.62. The molecule has 0 saturated carbocycles. The Morgan fingerprint density at radius 2 is 1.77 bits per heavy atom. The number of methoxy groups -OCH3 is 1. The molecule has 0 aliphatic carbocycles. The van der Waals surface area contributed by atoms with Crippen LogP contribution in [0.25, 0.3) is 0 Å². The number of aryl methyl sites for hydroxylation is 2. The molecule has 0 spiro atoms. The topological polar surface area (TPSA) is 78.2 Å². The SMILES string of the molecule is COc1cc(C)c(SN(C)Cc2nnc(C(=O)N3CCN(CC4CCN(C)CC4)CC3)o2)c(C)c1. The lowest BCUT2D eigenvalue weighted by molar-refractivity contribution is 0.0556. The van der Waals surface area contributed by atoms with Crippen LogP contribution in [-0.4, -0.2) is 102 Å². The molecule has 4 rings (SSSR count). The average molecular weight is 503 g/mol. The Morgan fingerprint density at radius 3 is 2.40 bits per heavy atom. The fourth-order valence-corrected chi connectivity index (χ4v) is 5.73. The zero-order chi connectivity index (χ0) is 24.9. The molecule has 35 heavy (non-hydrogen) atoms. The summed E-state index contributed by atoms with van der Waals surface area (Å²) in [6.07, 6.45) is 2.54. The van der Waals surface area contributed by atoms with Gasteiger partial charge < -0.3 is 19.0 Å². The highest BCUT2D eigenvalue weighted by Crippen LogP contribution is 2.32. The number of nitrogens with zero attached hydrogens (tertiary/aromatic N) is 6. The Morgan fingerprint density at radius 1 is 1.11 bits per heavy atom. The van der Waals surface area contributed by atoms with Crippen molar-refractivity contribution in [3.05, 3.63) is 35.0 Å². The summed E-state index contributed by atoms with van der Waals surface area (Å²) < 4.78 is 13.1. The van der Waals surface area contributed by atoms with Crippen molar-refractivity contribution in [2.75, 3.05) is 67.0 Å². The van der Waals surface area contributed by atoms with Gasteiger partial charge in [0.25, 0.3) is 0 Å². The number of hydrogen-bond donors (Lipinski definition) is 0. The average Bonchev–Trinajstić information content (AvgIpc) is 3.31. The first-order chi connectivity index (χ1) is 16.8. The molecule has 0 bridgehead atoms. The summed E-state index contributed by atoms with van der Waals surface area (Å²) in [6, 6.07) is 4.06. The molecule has 0 radical (unpaired) electrons. The first-order valence-electron chi connectivity index (χ1n) is 12.4. The highest BCUT2D eigenvalue weighted by Gasteiger charge is 2.28. The molecule has 0 unspecified atom stereocenters. The van der Waals surface area contributed by atoms with E-state index in [1.807, 2.05) is 28.4 Å². The number of amides is 1. The summed E-state index contributed by atoms with van der Waals surface area (Å²) in [7, 11) is 5.85. The molecule has 1 amide bonds. The number of piperidine rings is 1. The van der Waals surface area contributed by atoms with Crippen molar-refractivity contribution < 1.29 is 13.9 Å². The third-order valence-corrected chi connectivity index (χ3v) is 8.21. The standard InChI is InChI=1S/C25H38N6O3S/c1-18-14-21(33-5)15-19(2)23(18)35-29(4)17-22-26-27-24(34-22)25(32)31-12-10-30(11-13-31)16-20-6-8-28(3)9-7-20/h14-15,20H,6-13,16-17H2,1-5H3. The van der Waals surface area contributed by atoms with Gasteiger partial charge >= 0.3 is 11.8 Å². The number of benzene rings is 1. The van der Waals surface area contributed by atoms with E-state index in [0.29, 0.717) is 25.5 Å². The number of aromatic nitrogens is 2. The maximum absolute atomic E-state index is 12.9. The monoisotopic (exact) mass is 502 g/mol. The van der Waals surface area contributed by atoms with E-state index in [4.69, 9.17) is 9.15 Å². The molecule has 2 aliphatic rings. The summed E-state index contributed by atoms with van der Waals surface area (Å²) in [4.78, 5) is 20.9. The van der Waals surface area contributed by atoms with Crippen LogP contribution in [0.15, 0.2) is 21.4 Å². The lowest BCUT2D eigenvalue weighted by atomic mass is 9.96. The van der Waals surface area contributed by atoms with Gasteiger partial charge in [-0.2, -0.15) is 0 Å². The van der Waals surface area contributed by atoms with Gasteiger partial charge in [-0.05, 0) is 95.0 Å². The number of carbonyl (C=O) groups is 1. The van der Waals surface area contributed by atoms with Gasteiger partial charge in [0.15, 0.2) is 0 Å². The molecule has 1 aromatic carbocycles. The zero-order valence-electron chi connectivity index (χ0n) is 21.6. The highest BCUT2D eigenvalue weighted by atomic mass is 32.2. The summed E-state index contributed by atoms with van der Waals surface area (Å²) in [5.41, 5.74) is 2.30. The van der Waals surface area contributed by atoms with Gasteiger partial charge in [-0.25, -0.2) is 4.31 Å². The van der Waals surface area contributed by atoms with Crippen molar-refractivity contribution >= 4 is 17.9 Å². The van der Waals surface area contributed by atoms with Crippen LogP contribution in [0.2, 0.25) is 0 Å². The molecule has 2 fully saturated rings. The second-order valence-electron chi connectivity index (χ2n) is 9.81. The van der Waals surface area contributed by atoms with E-state index in [9.17, 15) is 4.79 Å². The smallest absolute Gasteiger partial charge is 0.311 e. The summed E-state index contributed by atoms with van der Waals surface area (Å²) in [5, 5.41) is 8.18.